The molecular weight excluding hydrogens is 392 g/mol. The number of nitrogens with zero attached hydrogens (tertiary/aromatic N) is 2. The van der Waals surface area contributed by atoms with E-state index in [0.717, 1.165) is 25.0 Å². The van der Waals surface area contributed by atoms with Gasteiger partial charge >= 0.3 is 0 Å². The molecule has 2 unspecified atom stereocenters. The van der Waals surface area contributed by atoms with Crippen LogP contribution in [0.3, 0.4) is 0 Å². The van der Waals surface area contributed by atoms with Crippen molar-refractivity contribution in [3.05, 3.63) is 89.0 Å². The molecule has 0 N–H and O–H groups in total. The lowest BCUT2D eigenvalue weighted by Gasteiger charge is -2.39. The number of anilines is 2. The van der Waals surface area contributed by atoms with E-state index in [2.05, 4.69) is 70.5 Å². The van der Waals surface area contributed by atoms with Gasteiger partial charge in [0.1, 0.15) is 5.75 Å². The standard InChI is InChI=1S/C29H32N2O/c1-32-24-11-4-7-21(19-24)8-6-17-30-18-16-28-26(20-30)25-12-5-10-23-15-14-22-9-2-3-13-27(22)31(28)29(23)25/h2-5,7,9-13,19,26,28H,6,8,14-18,20H2,1H3. The van der Waals surface area contributed by atoms with Crippen LogP contribution >= 0.6 is 0 Å². The molecule has 3 heteroatoms. The summed E-state index contributed by atoms with van der Waals surface area (Å²) in [5, 5.41) is 0. The Morgan fingerprint density at radius 1 is 0.938 bits per heavy atom. The number of hydrogen-bond acceptors (Lipinski definition) is 3. The zero-order valence-corrected chi connectivity index (χ0v) is 19.0. The number of hydrogen-bond donors (Lipinski definition) is 0. The number of fused-ring (bicyclic) bond motifs is 5. The summed E-state index contributed by atoms with van der Waals surface area (Å²) in [6.07, 6.45) is 5.86. The summed E-state index contributed by atoms with van der Waals surface area (Å²) >= 11 is 0. The zero-order chi connectivity index (χ0) is 21.5. The number of rotatable bonds is 5. The molecule has 3 aliphatic rings. The monoisotopic (exact) mass is 424 g/mol. The van der Waals surface area contributed by atoms with E-state index in [1.54, 1.807) is 12.7 Å². The first kappa shape index (κ1) is 19.9. The minimum atomic E-state index is 0.597. The quantitative estimate of drug-likeness (QED) is 0.520. The fraction of sp³-hybridized carbons (Fsp3) is 0.379. The van der Waals surface area contributed by atoms with Crippen LogP contribution in [-0.4, -0.2) is 37.7 Å². The van der Waals surface area contributed by atoms with E-state index in [1.165, 1.54) is 60.5 Å². The molecule has 1 saturated heterocycles. The molecule has 0 saturated carbocycles. The highest BCUT2D eigenvalue weighted by Crippen LogP contribution is 2.52. The molecule has 0 spiro atoms. The third-order valence-electron chi connectivity index (χ3n) is 7.77. The highest BCUT2D eigenvalue weighted by molar-refractivity contribution is 5.79. The van der Waals surface area contributed by atoms with E-state index in [0.29, 0.717) is 12.0 Å². The van der Waals surface area contributed by atoms with E-state index < -0.39 is 0 Å². The minimum absolute atomic E-state index is 0.597. The smallest absolute Gasteiger partial charge is 0.119 e. The lowest BCUT2D eigenvalue weighted by Crippen LogP contribution is -2.45. The second kappa shape index (κ2) is 8.29. The highest BCUT2D eigenvalue weighted by Gasteiger charge is 2.44. The van der Waals surface area contributed by atoms with E-state index >= 15 is 0 Å². The van der Waals surface area contributed by atoms with Gasteiger partial charge in [0.05, 0.1) is 7.11 Å². The molecule has 3 aromatic rings. The van der Waals surface area contributed by atoms with Crippen LogP contribution in [0.25, 0.3) is 0 Å². The van der Waals surface area contributed by atoms with Crippen LogP contribution < -0.4 is 9.64 Å². The van der Waals surface area contributed by atoms with Crippen molar-refractivity contribution in [2.24, 2.45) is 0 Å². The van der Waals surface area contributed by atoms with Gasteiger partial charge < -0.3 is 14.5 Å². The summed E-state index contributed by atoms with van der Waals surface area (Å²) in [7, 11) is 1.74. The van der Waals surface area contributed by atoms with Crippen LogP contribution in [0.15, 0.2) is 66.7 Å². The SMILES string of the molecule is COc1cccc(CCCN2CCC3C(C2)c2cccc4c2N3c2ccccc2CC4)c1. The molecule has 3 aliphatic heterocycles. The lowest BCUT2D eigenvalue weighted by atomic mass is 9.87. The Hall–Kier alpha value is -2.78. The lowest BCUT2D eigenvalue weighted by molar-refractivity contribution is 0.195. The first-order valence-corrected chi connectivity index (χ1v) is 12.2. The van der Waals surface area contributed by atoms with Gasteiger partial charge in [-0.05, 0) is 79.1 Å². The number of aryl methyl sites for hydroxylation is 3. The third kappa shape index (κ3) is 3.40. The Kier molecular flexibility index (Phi) is 5.15. The summed E-state index contributed by atoms with van der Waals surface area (Å²) in [5.41, 5.74) is 9.00. The molecular formula is C29H32N2O. The summed E-state index contributed by atoms with van der Waals surface area (Å²) in [4.78, 5) is 5.43. The van der Waals surface area contributed by atoms with E-state index in [4.69, 9.17) is 4.74 Å². The molecule has 3 aromatic carbocycles. The van der Waals surface area contributed by atoms with Crippen LogP contribution in [0.4, 0.5) is 11.4 Å². The van der Waals surface area contributed by atoms with Crippen molar-refractivity contribution in [2.75, 3.05) is 31.6 Å². The fourth-order valence-electron chi connectivity index (χ4n) is 6.26. The van der Waals surface area contributed by atoms with Crippen molar-refractivity contribution in [1.82, 2.24) is 4.90 Å². The molecule has 1 fully saturated rings. The van der Waals surface area contributed by atoms with Crippen molar-refractivity contribution in [2.45, 2.75) is 44.1 Å². The minimum Gasteiger partial charge on any atom is -0.497 e. The predicted octanol–water partition coefficient (Wildman–Crippen LogP) is 5.74. The summed E-state index contributed by atoms with van der Waals surface area (Å²) in [6, 6.07) is 25.3. The molecule has 0 bridgehead atoms. The number of likely N-dealkylation sites (tertiary alicyclic amines) is 1. The fourth-order valence-corrected chi connectivity index (χ4v) is 6.26. The molecule has 0 amide bonds. The van der Waals surface area contributed by atoms with Crippen molar-refractivity contribution in [1.29, 1.82) is 0 Å². The van der Waals surface area contributed by atoms with Gasteiger partial charge in [-0.3, -0.25) is 0 Å². The van der Waals surface area contributed by atoms with Gasteiger partial charge in [0, 0.05) is 36.4 Å². The van der Waals surface area contributed by atoms with Gasteiger partial charge in [0.25, 0.3) is 0 Å². The molecule has 6 rings (SSSR count). The first-order valence-electron chi connectivity index (χ1n) is 12.2. The van der Waals surface area contributed by atoms with Gasteiger partial charge in [0.15, 0.2) is 0 Å². The normalized spacial score (nSPS) is 21.5. The summed E-state index contributed by atoms with van der Waals surface area (Å²) < 4.78 is 5.39. The largest absolute Gasteiger partial charge is 0.497 e. The number of methoxy groups -OCH3 is 1. The molecule has 3 nitrogen and oxygen atoms in total. The molecule has 164 valence electrons. The van der Waals surface area contributed by atoms with E-state index in [9.17, 15) is 0 Å². The Bertz CT molecular complexity index is 1120. The number of benzene rings is 3. The third-order valence-corrected chi connectivity index (χ3v) is 7.77. The first-order chi connectivity index (χ1) is 15.8. The average molecular weight is 425 g/mol. The van der Waals surface area contributed by atoms with Gasteiger partial charge in [-0.15, -0.1) is 0 Å². The van der Waals surface area contributed by atoms with Gasteiger partial charge in [-0.25, -0.2) is 0 Å². The number of piperidine rings is 1. The van der Waals surface area contributed by atoms with Crippen molar-refractivity contribution >= 4 is 11.4 Å². The van der Waals surface area contributed by atoms with E-state index in [-0.39, 0.29) is 0 Å². The summed E-state index contributed by atoms with van der Waals surface area (Å²) in [5.74, 6) is 1.57. The molecule has 2 atom stereocenters. The number of para-hydroxylation sites is 2. The van der Waals surface area contributed by atoms with Crippen molar-refractivity contribution in [3.63, 3.8) is 0 Å². The summed E-state index contributed by atoms with van der Waals surface area (Å²) in [6.45, 7) is 3.55. The Morgan fingerprint density at radius 2 is 1.78 bits per heavy atom. The van der Waals surface area contributed by atoms with Crippen LogP contribution in [-0.2, 0) is 19.3 Å². The molecule has 0 aromatic heterocycles. The second-order valence-electron chi connectivity index (χ2n) is 9.57. The molecule has 3 heterocycles. The zero-order valence-electron chi connectivity index (χ0n) is 19.0. The Balaban J connectivity index is 1.21. The molecule has 0 radical (unpaired) electrons. The molecule has 32 heavy (non-hydrogen) atoms. The van der Waals surface area contributed by atoms with Gasteiger partial charge in [-0.2, -0.15) is 0 Å². The number of ether oxygens (including phenoxy) is 1. The predicted molar refractivity (Wildman–Crippen MR) is 131 cm³/mol. The van der Waals surface area contributed by atoms with Gasteiger partial charge in [-0.1, -0.05) is 48.5 Å². The average Bonchev–Trinajstić information content (AvgIpc) is 3.07. The Labute approximate surface area is 191 Å². The topological polar surface area (TPSA) is 15.7 Å². The van der Waals surface area contributed by atoms with Crippen molar-refractivity contribution in [3.8, 4) is 5.75 Å². The van der Waals surface area contributed by atoms with Crippen molar-refractivity contribution < 1.29 is 4.74 Å². The Morgan fingerprint density at radius 3 is 2.72 bits per heavy atom. The maximum absolute atomic E-state index is 5.39. The maximum Gasteiger partial charge on any atom is 0.119 e. The highest BCUT2D eigenvalue weighted by atomic mass is 16.5. The van der Waals surface area contributed by atoms with Crippen LogP contribution in [0, 0.1) is 0 Å². The molecule has 0 aliphatic carbocycles. The van der Waals surface area contributed by atoms with Crippen LogP contribution in [0.5, 0.6) is 5.75 Å². The maximum atomic E-state index is 5.39. The van der Waals surface area contributed by atoms with Crippen LogP contribution in [0.1, 0.15) is 41.0 Å². The van der Waals surface area contributed by atoms with Crippen LogP contribution in [0.2, 0.25) is 0 Å². The van der Waals surface area contributed by atoms with E-state index in [1.807, 2.05) is 6.07 Å². The second-order valence-corrected chi connectivity index (χ2v) is 9.57. The van der Waals surface area contributed by atoms with Gasteiger partial charge in [0.2, 0.25) is 0 Å².